The molecule has 0 atom stereocenters. The Bertz CT molecular complexity index is 80.1. The average molecular weight is 298 g/mol. The summed E-state index contributed by atoms with van der Waals surface area (Å²) in [4.78, 5) is 15.4. The van der Waals surface area contributed by atoms with E-state index in [0.29, 0.717) is 0 Å². The summed E-state index contributed by atoms with van der Waals surface area (Å²) in [6.07, 6.45) is 0. The van der Waals surface area contributed by atoms with E-state index in [2.05, 4.69) is 3.18 Å². The molecule has 0 aromatic rings. The van der Waals surface area contributed by atoms with Gasteiger partial charge in [-0.05, 0) is 0 Å². The van der Waals surface area contributed by atoms with E-state index in [1.54, 1.807) is 0 Å². The molecule has 0 spiro atoms. The SMILES string of the molecule is O=P(O)(O)[O][Mo].[KH].[Zn]. The summed E-state index contributed by atoms with van der Waals surface area (Å²) in [7, 11) is -4.14. The normalized spacial score (nSPS) is 8.75. The summed E-state index contributed by atoms with van der Waals surface area (Å²) in [6.45, 7) is 0. The summed E-state index contributed by atoms with van der Waals surface area (Å²) < 4.78 is 13.1. The number of hydrogen-bond acceptors (Lipinski definition) is 2. The van der Waals surface area contributed by atoms with E-state index >= 15 is 0 Å². The molecule has 0 saturated heterocycles. The molecule has 8 heavy (non-hydrogen) atoms. The maximum Gasteiger partial charge on any atom is 0 e. The molecular formula is H3KMoO4PZn. The molecule has 0 rings (SSSR count). The molecule has 0 aliphatic heterocycles. The Labute approximate surface area is 114 Å². The van der Waals surface area contributed by atoms with E-state index in [4.69, 9.17) is 9.79 Å². The van der Waals surface area contributed by atoms with Gasteiger partial charge < -0.3 is 0 Å². The molecule has 8 heteroatoms. The number of hydrogen-bond donors (Lipinski definition) is 2. The second-order valence-electron chi connectivity index (χ2n) is 0.565. The molecule has 0 aromatic heterocycles. The Hall–Kier alpha value is 3.06. The van der Waals surface area contributed by atoms with Crippen LogP contribution in [0.4, 0.5) is 0 Å². The zero-order valence-corrected chi connectivity index (χ0v) is 9.14. The predicted octanol–water partition coefficient (Wildman–Crippen LogP) is -1.09. The van der Waals surface area contributed by atoms with E-state index in [-0.39, 0.29) is 70.9 Å². The molecule has 0 saturated carbocycles. The zero-order chi connectivity index (χ0) is 5.21. The van der Waals surface area contributed by atoms with Crippen LogP contribution in [0.15, 0.2) is 0 Å². The maximum absolute atomic E-state index is 9.47. The Morgan fingerprint density at radius 1 is 1.50 bits per heavy atom. The van der Waals surface area contributed by atoms with E-state index in [1.807, 2.05) is 0 Å². The van der Waals surface area contributed by atoms with Crippen LogP contribution in [-0.2, 0) is 47.4 Å². The summed E-state index contributed by atoms with van der Waals surface area (Å²) in [5.74, 6) is 0. The van der Waals surface area contributed by atoms with Crippen LogP contribution in [0.2, 0.25) is 0 Å². The molecule has 0 aromatic carbocycles. The van der Waals surface area contributed by atoms with Crippen molar-refractivity contribution in [1.29, 1.82) is 0 Å². The first-order valence-corrected chi connectivity index (χ1v) is 3.28. The van der Waals surface area contributed by atoms with E-state index in [0.717, 1.165) is 20.2 Å². The van der Waals surface area contributed by atoms with Crippen molar-refractivity contribution in [2.75, 3.05) is 0 Å². The first-order valence-electron chi connectivity index (χ1n) is 0.932. The van der Waals surface area contributed by atoms with Gasteiger partial charge in [0.05, 0.1) is 0 Å². The molecule has 0 aliphatic carbocycles. The van der Waals surface area contributed by atoms with Crippen molar-refractivity contribution in [2.24, 2.45) is 0 Å². The van der Waals surface area contributed by atoms with Crippen molar-refractivity contribution in [3.8, 4) is 0 Å². The molecule has 0 bridgehead atoms. The minimum atomic E-state index is -4.14. The molecule has 0 unspecified atom stereocenters. The Balaban J connectivity index is -0.000000125. The molecule has 2 N–H and O–H groups in total. The number of phosphoric acid groups is 1. The van der Waals surface area contributed by atoms with Gasteiger partial charge in [0.25, 0.3) is 0 Å². The van der Waals surface area contributed by atoms with Gasteiger partial charge in [0.15, 0.2) is 0 Å². The van der Waals surface area contributed by atoms with Crippen molar-refractivity contribution in [3.05, 3.63) is 0 Å². The number of rotatable bonds is 1. The fourth-order valence-corrected chi connectivity index (χ4v) is 0. The van der Waals surface area contributed by atoms with Crippen LogP contribution in [0.1, 0.15) is 0 Å². The van der Waals surface area contributed by atoms with Gasteiger partial charge in [-0.2, -0.15) is 0 Å². The van der Waals surface area contributed by atoms with Gasteiger partial charge in [0, 0.05) is 19.5 Å². The Kier molecular flexibility index (Phi) is 17.6. The van der Waals surface area contributed by atoms with Gasteiger partial charge in [0.2, 0.25) is 0 Å². The van der Waals surface area contributed by atoms with Crippen LogP contribution in [0.5, 0.6) is 0 Å². The van der Waals surface area contributed by atoms with Crippen molar-refractivity contribution in [3.63, 3.8) is 0 Å². The summed E-state index contributed by atoms with van der Waals surface area (Å²) in [5, 5.41) is 0. The van der Waals surface area contributed by atoms with Crippen LogP contribution in [0.25, 0.3) is 0 Å². The predicted molar refractivity (Wildman–Crippen MR) is 20.3 cm³/mol. The van der Waals surface area contributed by atoms with Crippen LogP contribution in [0, 0.1) is 0 Å². The maximum atomic E-state index is 9.47. The average Bonchev–Trinajstić information content (AvgIpc) is 1.35. The molecule has 4 nitrogen and oxygen atoms in total. The first kappa shape index (κ1) is 17.2. The summed E-state index contributed by atoms with van der Waals surface area (Å²) in [5.41, 5.74) is 0. The van der Waals surface area contributed by atoms with Gasteiger partial charge >= 0.3 is 96.9 Å². The third-order valence-corrected chi connectivity index (χ3v) is 1.72. The summed E-state index contributed by atoms with van der Waals surface area (Å²) in [6, 6.07) is 0. The third-order valence-electron chi connectivity index (χ3n) is 0.0971. The van der Waals surface area contributed by atoms with Gasteiger partial charge in [-0.15, -0.1) is 0 Å². The summed E-state index contributed by atoms with van der Waals surface area (Å²) >= 11 is 0.883. The van der Waals surface area contributed by atoms with Gasteiger partial charge in [-0.1, -0.05) is 0 Å². The molecule has 41 valence electrons. The van der Waals surface area contributed by atoms with E-state index in [1.165, 1.54) is 0 Å². The van der Waals surface area contributed by atoms with Gasteiger partial charge in [-0.3, -0.25) is 0 Å². The Morgan fingerprint density at radius 2 is 1.62 bits per heavy atom. The van der Waals surface area contributed by atoms with Crippen LogP contribution >= 0.6 is 7.82 Å². The van der Waals surface area contributed by atoms with Gasteiger partial charge in [0.1, 0.15) is 0 Å². The van der Waals surface area contributed by atoms with Crippen LogP contribution in [0.3, 0.4) is 0 Å². The smallest absolute Gasteiger partial charge is 0 e. The van der Waals surface area contributed by atoms with Crippen molar-refractivity contribution < 1.29 is 57.2 Å². The fourth-order valence-electron chi connectivity index (χ4n) is 0. The van der Waals surface area contributed by atoms with Crippen LogP contribution < -0.4 is 0 Å². The standard InChI is InChI=1S/K.Mo.H3O4P.Zn.H/c;;1-5(2,3)4;;/h;;(H3,1,2,3,4);;/q;+1;;;/p-1. The van der Waals surface area contributed by atoms with Crippen molar-refractivity contribution in [2.45, 2.75) is 0 Å². The second kappa shape index (κ2) is 8.16. The molecular weight excluding hydrogens is 295 g/mol. The van der Waals surface area contributed by atoms with Crippen molar-refractivity contribution >= 4 is 59.2 Å². The Morgan fingerprint density at radius 3 is 1.62 bits per heavy atom. The molecule has 0 heterocycles. The third kappa shape index (κ3) is 16.0. The molecule has 0 radical (unpaired) electrons. The fraction of sp³-hybridized carbons (Fsp3) is 0. The topological polar surface area (TPSA) is 66.8 Å². The van der Waals surface area contributed by atoms with E-state index < -0.39 is 7.82 Å². The van der Waals surface area contributed by atoms with Crippen LogP contribution in [-0.4, -0.2) is 61.2 Å². The largest absolute Gasteiger partial charge is 0 e. The monoisotopic (exact) mass is 299 g/mol. The van der Waals surface area contributed by atoms with Crippen molar-refractivity contribution in [1.82, 2.24) is 0 Å². The quantitative estimate of drug-likeness (QED) is 0.477. The molecule has 0 fully saturated rings. The van der Waals surface area contributed by atoms with Gasteiger partial charge in [-0.25, -0.2) is 0 Å². The molecule has 0 amide bonds. The van der Waals surface area contributed by atoms with E-state index in [9.17, 15) is 4.57 Å². The second-order valence-corrected chi connectivity index (χ2v) is 2.79. The molecule has 0 aliphatic rings. The zero-order valence-electron chi connectivity index (χ0n) is 3.27. The minimum absolute atomic E-state index is 0. The first-order chi connectivity index (χ1) is 2.56. The minimum Gasteiger partial charge on any atom is 0 e.